The summed E-state index contributed by atoms with van der Waals surface area (Å²) in [6, 6.07) is 6.16. The van der Waals surface area contributed by atoms with Gasteiger partial charge in [0.15, 0.2) is 5.16 Å². The lowest BCUT2D eigenvalue weighted by Crippen LogP contribution is -2.50. The molecule has 0 spiro atoms. The average Bonchev–Trinajstić information content (AvgIpc) is 2.95. The van der Waals surface area contributed by atoms with Gasteiger partial charge >= 0.3 is 0 Å². The molecular formula is C17H24N4OS. The molecule has 1 atom stereocenters. The molecule has 3 rings (SSSR count). The Morgan fingerprint density at radius 2 is 2.09 bits per heavy atom. The van der Waals surface area contributed by atoms with Gasteiger partial charge in [0.2, 0.25) is 5.91 Å². The maximum absolute atomic E-state index is 12.6. The minimum absolute atomic E-state index is 0.121. The first-order valence-corrected chi connectivity index (χ1v) is 9.09. The van der Waals surface area contributed by atoms with E-state index in [2.05, 4.69) is 40.8 Å². The van der Waals surface area contributed by atoms with Crippen molar-refractivity contribution in [3.63, 3.8) is 0 Å². The lowest BCUT2D eigenvalue weighted by Gasteiger charge is -2.35. The standard InChI is InChI=1S/C17H24N4OS/c1-4-20-7-9-21(10-8-20)16(22)13(3)23-17-18-14-6-5-12(2)11-15(14)19-17/h5-6,11,13H,4,7-10H2,1-3H3,(H,18,19). The second-order valence-corrected chi connectivity index (χ2v) is 7.41. The Kier molecular flexibility index (Phi) is 4.92. The van der Waals surface area contributed by atoms with Crippen LogP contribution in [0.4, 0.5) is 0 Å². The molecule has 0 saturated carbocycles. The third kappa shape index (κ3) is 3.70. The molecule has 1 fully saturated rings. The number of H-pyrrole nitrogens is 1. The van der Waals surface area contributed by atoms with E-state index in [0.29, 0.717) is 0 Å². The monoisotopic (exact) mass is 332 g/mol. The van der Waals surface area contributed by atoms with Gasteiger partial charge in [-0.15, -0.1) is 0 Å². The number of aromatic amines is 1. The van der Waals surface area contributed by atoms with Crippen LogP contribution >= 0.6 is 11.8 Å². The molecule has 23 heavy (non-hydrogen) atoms. The highest BCUT2D eigenvalue weighted by Gasteiger charge is 2.25. The lowest BCUT2D eigenvalue weighted by molar-refractivity contribution is -0.132. The van der Waals surface area contributed by atoms with E-state index in [1.807, 2.05) is 17.9 Å². The average molecular weight is 332 g/mol. The van der Waals surface area contributed by atoms with E-state index in [9.17, 15) is 4.79 Å². The van der Waals surface area contributed by atoms with Gasteiger partial charge < -0.3 is 14.8 Å². The lowest BCUT2D eigenvalue weighted by atomic mass is 10.2. The molecule has 1 unspecified atom stereocenters. The van der Waals surface area contributed by atoms with Crippen LogP contribution in [0.25, 0.3) is 11.0 Å². The molecule has 5 nitrogen and oxygen atoms in total. The highest BCUT2D eigenvalue weighted by atomic mass is 32.2. The maximum Gasteiger partial charge on any atom is 0.235 e. The van der Waals surface area contributed by atoms with Crippen molar-refractivity contribution in [2.45, 2.75) is 31.2 Å². The Bertz CT molecular complexity index is 691. The molecule has 2 heterocycles. The fourth-order valence-corrected chi connectivity index (χ4v) is 3.82. The molecule has 6 heteroatoms. The van der Waals surface area contributed by atoms with Crippen LogP contribution in [0.3, 0.4) is 0 Å². The molecule has 2 aromatic rings. The van der Waals surface area contributed by atoms with E-state index < -0.39 is 0 Å². The van der Waals surface area contributed by atoms with Crippen LogP contribution in [0, 0.1) is 6.92 Å². The van der Waals surface area contributed by atoms with Gasteiger partial charge in [0.1, 0.15) is 0 Å². The third-order valence-electron chi connectivity index (χ3n) is 4.38. The molecule has 1 aliphatic heterocycles. The minimum atomic E-state index is -0.121. The summed E-state index contributed by atoms with van der Waals surface area (Å²) < 4.78 is 0. The Morgan fingerprint density at radius 1 is 1.35 bits per heavy atom. The maximum atomic E-state index is 12.6. The number of nitrogens with one attached hydrogen (secondary N) is 1. The van der Waals surface area contributed by atoms with E-state index >= 15 is 0 Å². The zero-order chi connectivity index (χ0) is 16.4. The van der Waals surface area contributed by atoms with Crippen LogP contribution in [0.1, 0.15) is 19.4 Å². The fraction of sp³-hybridized carbons (Fsp3) is 0.529. The number of carbonyl (C=O) groups is 1. The second kappa shape index (κ2) is 6.93. The van der Waals surface area contributed by atoms with Gasteiger partial charge in [-0.05, 0) is 38.1 Å². The van der Waals surface area contributed by atoms with Crippen LogP contribution in [0.5, 0.6) is 0 Å². The Balaban J connectivity index is 1.63. The number of carbonyl (C=O) groups excluding carboxylic acids is 1. The second-order valence-electron chi connectivity index (χ2n) is 6.08. The van der Waals surface area contributed by atoms with Gasteiger partial charge in [0.05, 0.1) is 16.3 Å². The zero-order valence-corrected chi connectivity index (χ0v) is 14.8. The van der Waals surface area contributed by atoms with Crippen LogP contribution in [-0.2, 0) is 4.79 Å². The molecule has 0 radical (unpaired) electrons. The fourth-order valence-electron chi connectivity index (χ4n) is 2.92. The number of benzene rings is 1. The van der Waals surface area contributed by atoms with E-state index in [1.165, 1.54) is 17.3 Å². The van der Waals surface area contributed by atoms with Crippen molar-refractivity contribution in [2.75, 3.05) is 32.7 Å². The number of hydrogen-bond acceptors (Lipinski definition) is 4. The van der Waals surface area contributed by atoms with E-state index in [0.717, 1.165) is 48.9 Å². The van der Waals surface area contributed by atoms with Gasteiger partial charge in [0, 0.05) is 26.2 Å². The molecule has 124 valence electrons. The van der Waals surface area contributed by atoms with Gasteiger partial charge in [-0.25, -0.2) is 4.98 Å². The van der Waals surface area contributed by atoms with Gasteiger partial charge in [0.25, 0.3) is 0 Å². The first-order valence-electron chi connectivity index (χ1n) is 8.21. The summed E-state index contributed by atoms with van der Waals surface area (Å²) in [5.74, 6) is 0.211. The smallest absolute Gasteiger partial charge is 0.235 e. The van der Waals surface area contributed by atoms with Crippen LogP contribution in [-0.4, -0.2) is 63.6 Å². The van der Waals surface area contributed by atoms with Gasteiger partial charge in [-0.2, -0.15) is 0 Å². The molecule has 1 saturated heterocycles. The largest absolute Gasteiger partial charge is 0.339 e. The van der Waals surface area contributed by atoms with Crippen LogP contribution in [0.15, 0.2) is 23.4 Å². The summed E-state index contributed by atoms with van der Waals surface area (Å²) in [4.78, 5) is 24.9. The Morgan fingerprint density at radius 3 is 2.78 bits per heavy atom. The minimum Gasteiger partial charge on any atom is -0.339 e. The number of aromatic nitrogens is 2. The number of fused-ring (bicyclic) bond motifs is 1. The van der Waals surface area contributed by atoms with Crippen molar-refractivity contribution >= 4 is 28.7 Å². The number of amides is 1. The molecule has 1 aromatic carbocycles. The SMILES string of the molecule is CCN1CCN(C(=O)C(C)Sc2nc3ccc(C)cc3[nH]2)CC1. The van der Waals surface area contributed by atoms with Gasteiger partial charge in [-0.1, -0.05) is 24.8 Å². The summed E-state index contributed by atoms with van der Waals surface area (Å²) in [5, 5.41) is 0.698. The predicted molar refractivity (Wildman–Crippen MR) is 94.8 cm³/mol. The van der Waals surface area contributed by atoms with Crippen LogP contribution in [0.2, 0.25) is 0 Å². The topological polar surface area (TPSA) is 52.2 Å². The number of nitrogens with zero attached hydrogens (tertiary/aromatic N) is 3. The molecule has 1 amide bonds. The first-order chi connectivity index (χ1) is 11.1. The molecule has 1 aromatic heterocycles. The van der Waals surface area contributed by atoms with Gasteiger partial charge in [-0.3, -0.25) is 4.79 Å². The molecule has 1 aliphatic rings. The van der Waals surface area contributed by atoms with Crippen molar-refractivity contribution in [3.05, 3.63) is 23.8 Å². The molecular weight excluding hydrogens is 308 g/mol. The summed E-state index contributed by atoms with van der Waals surface area (Å²) >= 11 is 1.51. The summed E-state index contributed by atoms with van der Waals surface area (Å²) in [6.07, 6.45) is 0. The predicted octanol–water partition coefficient (Wildman–Crippen LogP) is 2.52. The molecule has 1 N–H and O–H groups in total. The highest BCUT2D eigenvalue weighted by molar-refractivity contribution is 8.00. The number of thioether (sulfide) groups is 1. The van der Waals surface area contributed by atoms with Crippen molar-refractivity contribution in [3.8, 4) is 0 Å². The zero-order valence-electron chi connectivity index (χ0n) is 14.0. The number of piperazine rings is 1. The van der Waals surface area contributed by atoms with Crippen molar-refractivity contribution in [2.24, 2.45) is 0 Å². The summed E-state index contributed by atoms with van der Waals surface area (Å²) in [7, 11) is 0. The quantitative estimate of drug-likeness (QED) is 0.874. The highest BCUT2D eigenvalue weighted by Crippen LogP contribution is 2.25. The van der Waals surface area contributed by atoms with Crippen molar-refractivity contribution in [1.82, 2.24) is 19.8 Å². The van der Waals surface area contributed by atoms with Crippen LogP contribution < -0.4 is 0 Å². The van der Waals surface area contributed by atoms with E-state index in [-0.39, 0.29) is 11.2 Å². The summed E-state index contributed by atoms with van der Waals surface area (Å²) in [5.41, 5.74) is 3.19. The number of aryl methyl sites for hydroxylation is 1. The van der Waals surface area contributed by atoms with E-state index in [4.69, 9.17) is 0 Å². The Labute approximate surface area is 141 Å². The number of rotatable bonds is 4. The van der Waals surface area contributed by atoms with Crippen molar-refractivity contribution < 1.29 is 4.79 Å². The number of hydrogen-bond donors (Lipinski definition) is 1. The van der Waals surface area contributed by atoms with E-state index in [1.54, 1.807) is 0 Å². The molecule has 0 bridgehead atoms. The third-order valence-corrected chi connectivity index (χ3v) is 5.35. The normalized spacial score (nSPS) is 17.6. The number of likely N-dealkylation sites (N-methyl/N-ethyl adjacent to an activating group) is 1. The molecule has 0 aliphatic carbocycles. The summed E-state index contributed by atoms with van der Waals surface area (Å²) in [6.45, 7) is 10.9. The first kappa shape index (κ1) is 16.3. The number of imidazole rings is 1. The Hall–Kier alpha value is -1.53. The van der Waals surface area contributed by atoms with Crippen molar-refractivity contribution in [1.29, 1.82) is 0 Å².